The van der Waals surface area contributed by atoms with Gasteiger partial charge in [-0.05, 0) is 26.0 Å². The number of carbonyl (C=O) groups excluding carboxylic acids is 2. The summed E-state index contributed by atoms with van der Waals surface area (Å²) in [6, 6.07) is 9.88. The first kappa shape index (κ1) is 30.4. The van der Waals surface area contributed by atoms with E-state index < -0.39 is 40.6 Å². The monoisotopic (exact) mass is 585 g/mol. The Morgan fingerprint density at radius 3 is 2.57 bits per heavy atom. The maximum atomic E-state index is 13.8. The number of carbonyl (C=O) groups is 2. The fourth-order valence-corrected chi connectivity index (χ4v) is 4.97. The van der Waals surface area contributed by atoms with Crippen LogP contribution in [0.2, 0.25) is 0 Å². The van der Waals surface area contributed by atoms with E-state index in [4.69, 9.17) is 14.2 Å². The van der Waals surface area contributed by atoms with Crippen molar-refractivity contribution in [3.8, 4) is 12.1 Å². The molecule has 2 saturated heterocycles. The van der Waals surface area contributed by atoms with Crippen LogP contribution in [0.1, 0.15) is 35.8 Å². The van der Waals surface area contributed by atoms with Gasteiger partial charge in [0.25, 0.3) is 0 Å². The molecule has 2 aliphatic heterocycles. The van der Waals surface area contributed by atoms with Crippen LogP contribution in [0.3, 0.4) is 0 Å². The highest BCUT2D eigenvalue weighted by molar-refractivity contribution is 5.94. The zero-order valence-electron chi connectivity index (χ0n) is 23.3. The number of hydrogen-bond donors (Lipinski definition) is 0. The fraction of sp³-hybridized carbons (Fsp3) is 0.519. The molecule has 1 aromatic carbocycles. The Hall–Kier alpha value is -4.58. The molecule has 0 aliphatic carbocycles. The van der Waals surface area contributed by atoms with E-state index in [9.17, 15) is 29.4 Å². The number of nitrogens with zero attached hydrogens (tertiary/aromatic N) is 7. The smallest absolute Gasteiger partial charge is 0.410 e. The van der Waals surface area contributed by atoms with E-state index in [1.165, 1.54) is 9.80 Å². The largest absolute Gasteiger partial charge is 0.462 e. The van der Waals surface area contributed by atoms with Crippen LogP contribution in [0, 0.1) is 21.4 Å². The van der Waals surface area contributed by atoms with Crippen molar-refractivity contribution >= 4 is 23.6 Å². The van der Waals surface area contributed by atoms with Crippen LogP contribution in [-0.4, -0.2) is 101 Å². The Balaban J connectivity index is 1.59. The summed E-state index contributed by atoms with van der Waals surface area (Å²) in [5.41, 5.74) is -0.479. The minimum absolute atomic E-state index is 0.00543. The zero-order valence-corrected chi connectivity index (χ0v) is 23.3. The molecule has 2 aromatic rings. The molecule has 4 rings (SSSR count). The number of likely N-dealkylation sites (N-methyl/N-ethyl adjacent to an activating group) is 1. The van der Waals surface area contributed by atoms with Crippen molar-refractivity contribution < 1.29 is 33.1 Å². The number of anilines is 1. The third kappa shape index (κ3) is 7.19. The van der Waals surface area contributed by atoms with Crippen LogP contribution in [0.5, 0.6) is 6.01 Å². The van der Waals surface area contributed by atoms with Gasteiger partial charge in [0.05, 0.1) is 30.1 Å². The van der Waals surface area contributed by atoms with Gasteiger partial charge in [-0.15, -0.1) is 0 Å². The van der Waals surface area contributed by atoms with Crippen molar-refractivity contribution in [2.75, 3.05) is 51.3 Å². The van der Waals surface area contributed by atoms with E-state index in [1.54, 1.807) is 18.9 Å². The SMILES string of the molecule is CCOC(=O)c1nc(OC[C@@H]2C[C@@H](F)CN2C)nc(N2CCN(C(=O)OCc3ccccc3)[C@@H](CC#N)C2)c1[N+](=O)[O-]. The molecule has 0 spiro atoms. The van der Waals surface area contributed by atoms with Crippen LogP contribution < -0.4 is 9.64 Å². The van der Waals surface area contributed by atoms with Gasteiger partial charge in [0.1, 0.15) is 19.4 Å². The molecule has 0 N–H and O–H groups in total. The number of benzene rings is 1. The lowest BCUT2D eigenvalue weighted by Gasteiger charge is -2.40. The molecule has 14 nitrogen and oxygen atoms in total. The third-order valence-corrected chi connectivity index (χ3v) is 7.09. The predicted molar refractivity (Wildman–Crippen MR) is 146 cm³/mol. The van der Waals surface area contributed by atoms with Crippen molar-refractivity contribution in [3.63, 3.8) is 0 Å². The Morgan fingerprint density at radius 1 is 1.17 bits per heavy atom. The Morgan fingerprint density at radius 2 is 1.93 bits per heavy atom. The minimum atomic E-state index is -1.03. The van der Waals surface area contributed by atoms with Gasteiger partial charge in [0.2, 0.25) is 11.5 Å². The molecule has 3 atom stereocenters. The average molecular weight is 586 g/mol. The highest BCUT2D eigenvalue weighted by Crippen LogP contribution is 2.34. The number of esters is 1. The van der Waals surface area contributed by atoms with E-state index in [0.717, 1.165) is 5.56 Å². The number of rotatable bonds is 10. The molecular weight excluding hydrogens is 553 g/mol. The van der Waals surface area contributed by atoms with Gasteiger partial charge in [0, 0.05) is 32.2 Å². The standard InChI is InChI=1S/C27H32FN7O7/c1-3-40-25(36)22-23(35(38)39)24(31-26(30-22)41-17-21-13-19(28)14-32(21)2)33-11-12-34(20(15-33)9-10-29)27(37)42-16-18-7-5-4-6-8-18/h4-8,19-21H,3,9,11-17H2,1-2H3/t19-,20+,21+/m1/s1. The summed E-state index contributed by atoms with van der Waals surface area (Å²) in [6.07, 6.45) is -1.49. The summed E-state index contributed by atoms with van der Waals surface area (Å²) in [6.45, 7) is 1.91. The number of nitriles is 1. The first-order chi connectivity index (χ1) is 20.2. The summed E-state index contributed by atoms with van der Waals surface area (Å²) >= 11 is 0. The highest BCUT2D eigenvalue weighted by Gasteiger charge is 2.39. The summed E-state index contributed by atoms with van der Waals surface area (Å²) in [7, 11) is 1.75. The van der Waals surface area contributed by atoms with Crippen LogP contribution in [0.4, 0.5) is 20.7 Å². The van der Waals surface area contributed by atoms with Gasteiger partial charge in [-0.25, -0.2) is 14.0 Å². The van der Waals surface area contributed by atoms with Crippen molar-refractivity contribution in [3.05, 3.63) is 51.7 Å². The molecule has 0 bridgehead atoms. The van der Waals surface area contributed by atoms with E-state index in [-0.39, 0.29) is 76.7 Å². The summed E-state index contributed by atoms with van der Waals surface area (Å²) in [5, 5.41) is 21.7. The Kier molecular flexibility index (Phi) is 10.0. The molecule has 0 unspecified atom stereocenters. The third-order valence-electron chi connectivity index (χ3n) is 7.09. The first-order valence-corrected chi connectivity index (χ1v) is 13.5. The van der Waals surface area contributed by atoms with Crippen molar-refractivity contribution in [2.45, 2.75) is 44.6 Å². The average Bonchev–Trinajstić information content (AvgIpc) is 3.31. The molecule has 0 radical (unpaired) electrons. The number of likely N-dealkylation sites (tertiary alicyclic amines) is 1. The topological polar surface area (TPSA) is 164 Å². The normalized spacial score (nSPS) is 20.6. The second-order valence-electron chi connectivity index (χ2n) is 9.94. The van der Waals surface area contributed by atoms with Crippen LogP contribution >= 0.6 is 0 Å². The van der Waals surface area contributed by atoms with E-state index in [2.05, 4.69) is 9.97 Å². The number of aromatic nitrogens is 2. The molecule has 2 aliphatic rings. The quantitative estimate of drug-likeness (QED) is 0.228. The number of amides is 1. The number of ether oxygens (including phenoxy) is 3. The number of nitro groups is 1. The molecule has 2 fully saturated rings. The van der Waals surface area contributed by atoms with Crippen LogP contribution in [0.15, 0.2) is 30.3 Å². The Labute approximate surface area is 241 Å². The van der Waals surface area contributed by atoms with Crippen molar-refractivity contribution in [2.24, 2.45) is 0 Å². The van der Waals surface area contributed by atoms with Crippen molar-refractivity contribution in [1.29, 1.82) is 5.26 Å². The lowest BCUT2D eigenvalue weighted by Crippen LogP contribution is -2.55. The minimum Gasteiger partial charge on any atom is -0.462 e. The van der Waals surface area contributed by atoms with E-state index in [0.29, 0.717) is 0 Å². The predicted octanol–water partition coefficient (Wildman–Crippen LogP) is 2.72. The maximum absolute atomic E-state index is 13.8. The summed E-state index contributed by atoms with van der Waals surface area (Å²) in [4.78, 5) is 50.1. The molecular formula is C27H32FN7O7. The van der Waals surface area contributed by atoms with Gasteiger partial charge in [-0.3, -0.25) is 15.0 Å². The molecule has 15 heteroatoms. The van der Waals surface area contributed by atoms with Crippen molar-refractivity contribution in [1.82, 2.24) is 19.8 Å². The molecule has 42 heavy (non-hydrogen) atoms. The molecule has 0 saturated carbocycles. The van der Waals surface area contributed by atoms with Gasteiger partial charge in [-0.1, -0.05) is 30.3 Å². The molecule has 1 amide bonds. The van der Waals surface area contributed by atoms with Gasteiger partial charge >= 0.3 is 23.8 Å². The van der Waals surface area contributed by atoms with Crippen LogP contribution in [0.25, 0.3) is 0 Å². The number of halogens is 1. The number of alkyl halides is 1. The summed E-state index contributed by atoms with van der Waals surface area (Å²) in [5.74, 6) is -1.24. The number of hydrogen-bond acceptors (Lipinski definition) is 12. The Bertz CT molecular complexity index is 1330. The molecule has 3 heterocycles. The van der Waals surface area contributed by atoms with Crippen LogP contribution in [-0.2, 0) is 16.1 Å². The van der Waals surface area contributed by atoms with E-state index in [1.807, 2.05) is 36.4 Å². The maximum Gasteiger partial charge on any atom is 0.410 e. The second-order valence-corrected chi connectivity index (χ2v) is 9.94. The fourth-order valence-electron chi connectivity index (χ4n) is 4.97. The molecule has 224 valence electrons. The van der Waals surface area contributed by atoms with Gasteiger partial charge in [-0.2, -0.15) is 15.2 Å². The summed E-state index contributed by atoms with van der Waals surface area (Å²) < 4.78 is 30.0. The first-order valence-electron chi connectivity index (χ1n) is 13.5. The van der Waals surface area contributed by atoms with E-state index >= 15 is 0 Å². The van der Waals surface area contributed by atoms with Gasteiger partial charge in [0.15, 0.2) is 0 Å². The number of piperazine rings is 1. The highest BCUT2D eigenvalue weighted by atomic mass is 19.1. The molecule has 1 aromatic heterocycles. The zero-order chi connectivity index (χ0) is 30.2. The lowest BCUT2D eigenvalue weighted by atomic mass is 10.1. The van der Waals surface area contributed by atoms with Gasteiger partial charge < -0.3 is 24.0 Å². The lowest BCUT2D eigenvalue weighted by molar-refractivity contribution is -0.385. The second kappa shape index (κ2) is 13.9.